The summed E-state index contributed by atoms with van der Waals surface area (Å²) in [6.07, 6.45) is 1.81. The van der Waals surface area contributed by atoms with E-state index in [-0.39, 0.29) is 18.5 Å². The lowest BCUT2D eigenvalue weighted by Crippen LogP contribution is -2.42. The molecule has 2 rings (SSSR count). The molecule has 0 aliphatic carbocycles. The van der Waals surface area contributed by atoms with Gasteiger partial charge in [-0.05, 0) is 62.4 Å². The maximum atomic E-state index is 12.9. The number of aryl methyl sites for hydroxylation is 4. The van der Waals surface area contributed by atoms with Crippen molar-refractivity contribution in [1.82, 2.24) is 5.32 Å². The highest BCUT2D eigenvalue weighted by atomic mass is 32.2. The van der Waals surface area contributed by atoms with E-state index in [4.69, 9.17) is 4.74 Å². The second kappa shape index (κ2) is 9.51. The molecule has 0 aliphatic rings. The molecule has 7 heteroatoms. The van der Waals surface area contributed by atoms with Gasteiger partial charge in [-0.25, -0.2) is 8.42 Å². The minimum absolute atomic E-state index is 0.219. The van der Waals surface area contributed by atoms with Crippen LogP contribution in [-0.2, 0) is 14.8 Å². The van der Waals surface area contributed by atoms with Crippen LogP contribution in [0.25, 0.3) is 0 Å². The molecule has 0 aromatic heterocycles. The number of anilines is 1. The van der Waals surface area contributed by atoms with Crippen LogP contribution in [0.3, 0.4) is 0 Å². The van der Waals surface area contributed by atoms with E-state index < -0.39 is 10.0 Å². The van der Waals surface area contributed by atoms with Crippen LogP contribution in [0, 0.1) is 27.7 Å². The topological polar surface area (TPSA) is 75.7 Å². The quantitative estimate of drug-likeness (QED) is 0.685. The van der Waals surface area contributed by atoms with Crippen LogP contribution in [0.2, 0.25) is 0 Å². The van der Waals surface area contributed by atoms with Crippen LogP contribution in [0.4, 0.5) is 5.69 Å². The normalized spacial score (nSPS) is 12.4. The molecule has 0 saturated heterocycles. The van der Waals surface area contributed by atoms with Gasteiger partial charge < -0.3 is 10.1 Å². The molecule has 0 saturated carbocycles. The van der Waals surface area contributed by atoms with Crippen LogP contribution >= 0.6 is 0 Å². The standard InChI is InChI=1S/C23H32N2O4S/c1-8-20(19-9-10-21(29-6)16(3)13-19)24-22(26)14-25(30(7,27)28)23-17(4)11-15(2)12-18(23)5/h9-13,20H,8,14H2,1-7H3,(H,24,26). The van der Waals surface area contributed by atoms with Gasteiger partial charge in [0, 0.05) is 0 Å². The number of methoxy groups -OCH3 is 1. The molecule has 2 aromatic rings. The summed E-state index contributed by atoms with van der Waals surface area (Å²) in [5.41, 5.74) is 5.19. The second-order valence-electron chi connectivity index (χ2n) is 7.77. The molecule has 1 unspecified atom stereocenters. The van der Waals surface area contributed by atoms with Crippen molar-refractivity contribution in [2.45, 2.75) is 47.1 Å². The summed E-state index contributed by atoms with van der Waals surface area (Å²) >= 11 is 0. The fourth-order valence-electron chi connectivity index (χ4n) is 3.84. The van der Waals surface area contributed by atoms with Gasteiger partial charge in [0.25, 0.3) is 0 Å². The third kappa shape index (κ3) is 5.53. The van der Waals surface area contributed by atoms with E-state index in [0.29, 0.717) is 12.1 Å². The van der Waals surface area contributed by atoms with E-state index in [1.165, 1.54) is 4.31 Å². The van der Waals surface area contributed by atoms with Crippen molar-refractivity contribution in [2.75, 3.05) is 24.2 Å². The third-order valence-corrected chi connectivity index (χ3v) is 6.25. The summed E-state index contributed by atoms with van der Waals surface area (Å²) in [6, 6.07) is 9.41. The van der Waals surface area contributed by atoms with Crippen LogP contribution < -0.4 is 14.4 Å². The molecule has 164 valence electrons. The smallest absolute Gasteiger partial charge is 0.241 e. The molecule has 0 bridgehead atoms. The first-order chi connectivity index (χ1) is 14.0. The summed E-state index contributed by atoms with van der Waals surface area (Å²) in [5.74, 6) is 0.439. The van der Waals surface area contributed by atoms with Gasteiger partial charge in [0.1, 0.15) is 12.3 Å². The Labute approximate surface area is 180 Å². The van der Waals surface area contributed by atoms with Gasteiger partial charge in [-0.2, -0.15) is 0 Å². The summed E-state index contributed by atoms with van der Waals surface area (Å²) in [5, 5.41) is 2.98. The van der Waals surface area contributed by atoms with Crippen LogP contribution in [0.1, 0.15) is 47.2 Å². The first-order valence-corrected chi connectivity index (χ1v) is 11.8. The van der Waals surface area contributed by atoms with Crippen molar-refractivity contribution in [3.05, 3.63) is 58.1 Å². The molecule has 1 atom stereocenters. The number of rotatable bonds is 8. The Balaban J connectivity index is 2.29. The Morgan fingerprint density at radius 3 is 2.13 bits per heavy atom. The predicted octanol–water partition coefficient (Wildman–Crippen LogP) is 3.96. The van der Waals surface area contributed by atoms with E-state index in [1.807, 2.05) is 65.0 Å². The first kappa shape index (κ1) is 23.7. The number of nitrogens with zero attached hydrogens (tertiary/aromatic N) is 1. The second-order valence-corrected chi connectivity index (χ2v) is 9.68. The van der Waals surface area contributed by atoms with Gasteiger partial charge in [0.2, 0.25) is 15.9 Å². The van der Waals surface area contributed by atoms with Crippen LogP contribution in [0.15, 0.2) is 30.3 Å². The number of carbonyl (C=O) groups excluding carboxylic acids is 1. The van der Waals surface area contributed by atoms with Gasteiger partial charge in [-0.3, -0.25) is 9.10 Å². The Bertz CT molecular complexity index is 1010. The van der Waals surface area contributed by atoms with Crippen molar-refractivity contribution < 1.29 is 17.9 Å². The lowest BCUT2D eigenvalue weighted by molar-refractivity contribution is -0.120. The number of carbonyl (C=O) groups is 1. The number of amides is 1. The van der Waals surface area contributed by atoms with E-state index in [9.17, 15) is 13.2 Å². The number of hydrogen-bond acceptors (Lipinski definition) is 4. The van der Waals surface area contributed by atoms with Crippen molar-refractivity contribution in [1.29, 1.82) is 0 Å². The lowest BCUT2D eigenvalue weighted by Gasteiger charge is -2.27. The zero-order chi connectivity index (χ0) is 22.6. The van der Waals surface area contributed by atoms with Gasteiger partial charge in [-0.1, -0.05) is 36.8 Å². The fourth-order valence-corrected chi connectivity index (χ4v) is 4.81. The maximum Gasteiger partial charge on any atom is 0.241 e. The molecule has 30 heavy (non-hydrogen) atoms. The van der Waals surface area contributed by atoms with E-state index in [0.717, 1.165) is 39.8 Å². The van der Waals surface area contributed by atoms with Crippen molar-refractivity contribution >= 4 is 21.6 Å². The Morgan fingerprint density at radius 1 is 1.07 bits per heavy atom. The third-order valence-electron chi connectivity index (χ3n) is 5.14. The van der Waals surface area contributed by atoms with Gasteiger partial charge >= 0.3 is 0 Å². The molecule has 0 radical (unpaired) electrons. The summed E-state index contributed by atoms with van der Waals surface area (Å²) < 4.78 is 31.6. The highest BCUT2D eigenvalue weighted by Gasteiger charge is 2.25. The Hall–Kier alpha value is -2.54. The zero-order valence-electron chi connectivity index (χ0n) is 18.9. The molecule has 2 aromatic carbocycles. The minimum Gasteiger partial charge on any atom is -0.496 e. The zero-order valence-corrected chi connectivity index (χ0v) is 19.7. The first-order valence-electron chi connectivity index (χ1n) is 9.97. The number of hydrogen-bond donors (Lipinski definition) is 1. The number of nitrogens with one attached hydrogen (secondary N) is 1. The van der Waals surface area contributed by atoms with Crippen LogP contribution in [0.5, 0.6) is 5.75 Å². The predicted molar refractivity (Wildman–Crippen MR) is 122 cm³/mol. The Kier molecular flexibility index (Phi) is 7.53. The molecular formula is C23H32N2O4S. The SMILES string of the molecule is CCC(NC(=O)CN(c1c(C)cc(C)cc1C)S(C)(=O)=O)c1ccc(OC)c(C)c1. The number of ether oxygens (including phenoxy) is 1. The van der Waals surface area contributed by atoms with Gasteiger partial charge in [-0.15, -0.1) is 0 Å². The molecule has 1 amide bonds. The average molecular weight is 433 g/mol. The van der Waals surface area contributed by atoms with Crippen molar-refractivity contribution in [3.8, 4) is 5.75 Å². The largest absolute Gasteiger partial charge is 0.496 e. The van der Waals surface area contributed by atoms with E-state index in [1.54, 1.807) is 7.11 Å². The molecular weight excluding hydrogens is 400 g/mol. The highest BCUT2D eigenvalue weighted by molar-refractivity contribution is 7.92. The molecule has 0 aliphatic heterocycles. The van der Waals surface area contributed by atoms with E-state index >= 15 is 0 Å². The Morgan fingerprint density at radius 2 is 1.67 bits per heavy atom. The number of benzene rings is 2. The number of sulfonamides is 1. The monoisotopic (exact) mass is 432 g/mol. The maximum absolute atomic E-state index is 12.9. The molecule has 0 fully saturated rings. The molecule has 6 nitrogen and oxygen atoms in total. The molecule has 1 N–H and O–H groups in total. The summed E-state index contributed by atoms with van der Waals surface area (Å²) in [7, 11) is -2.02. The highest BCUT2D eigenvalue weighted by Crippen LogP contribution is 2.29. The fraction of sp³-hybridized carbons (Fsp3) is 0.435. The minimum atomic E-state index is -3.64. The molecule has 0 heterocycles. The van der Waals surface area contributed by atoms with Crippen molar-refractivity contribution in [2.24, 2.45) is 0 Å². The van der Waals surface area contributed by atoms with E-state index in [2.05, 4.69) is 5.32 Å². The molecule has 0 spiro atoms. The average Bonchev–Trinajstić information content (AvgIpc) is 2.63. The summed E-state index contributed by atoms with van der Waals surface area (Å²) in [6.45, 7) is 9.35. The van der Waals surface area contributed by atoms with Gasteiger partial charge in [0.15, 0.2) is 0 Å². The van der Waals surface area contributed by atoms with Crippen LogP contribution in [-0.4, -0.2) is 34.2 Å². The summed E-state index contributed by atoms with van der Waals surface area (Å²) in [4.78, 5) is 12.9. The van der Waals surface area contributed by atoms with Crippen molar-refractivity contribution in [3.63, 3.8) is 0 Å². The lowest BCUT2D eigenvalue weighted by atomic mass is 10.0. The van der Waals surface area contributed by atoms with Gasteiger partial charge in [0.05, 0.1) is 25.1 Å².